The number of Topliss-reactive ketones (excluding diaryl/α,β-unsaturated/α-hetero) is 1. The average molecular weight is 261 g/mol. The molecule has 0 bridgehead atoms. The van der Waals surface area contributed by atoms with E-state index in [0.717, 1.165) is 23.2 Å². The highest BCUT2D eigenvalue weighted by Gasteiger charge is 2.26. The van der Waals surface area contributed by atoms with Gasteiger partial charge in [-0.1, -0.05) is 26.8 Å². The van der Waals surface area contributed by atoms with Gasteiger partial charge >= 0.3 is 0 Å². The summed E-state index contributed by atoms with van der Waals surface area (Å²) < 4.78 is 0. The van der Waals surface area contributed by atoms with Crippen LogP contribution < -0.4 is 5.32 Å². The Balaban J connectivity index is 3.32. The first-order valence-electron chi connectivity index (χ1n) is 7.16. The molecule has 106 valence electrons. The van der Waals surface area contributed by atoms with E-state index < -0.39 is 0 Å². The van der Waals surface area contributed by atoms with Crippen LogP contribution in [0.5, 0.6) is 0 Å². The SMILES string of the molecule is CCNC(C(=O)c1c(C)c(C)cc(C)c1C)C(C)C. The first-order chi connectivity index (χ1) is 8.81. The molecule has 0 fully saturated rings. The van der Waals surface area contributed by atoms with Crippen molar-refractivity contribution in [3.05, 3.63) is 33.9 Å². The first-order valence-corrected chi connectivity index (χ1v) is 7.16. The first kappa shape index (κ1) is 15.9. The van der Waals surface area contributed by atoms with E-state index in [4.69, 9.17) is 0 Å². The second kappa shape index (κ2) is 6.33. The summed E-state index contributed by atoms with van der Waals surface area (Å²) in [7, 11) is 0. The van der Waals surface area contributed by atoms with Crippen LogP contribution in [-0.2, 0) is 0 Å². The quantitative estimate of drug-likeness (QED) is 0.818. The van der Waals surface area contributed by atoms with Gasteiger partial charge in [-0.2, -0.15) is 0 Å². The molecule has 1 unspecified atom stereocenters. The summed E-state index contributed by atoms with van der Waals surface area (Å²) in [6.45, 7) is 15.3. The lowest BCUT2D eigenvalue weighted by Crippen LogP contribution is -2.41. The largest absolute Gasteiger partial charge is 0.307 e. The Morgan fingerprint density at radius 3 is 1.95 bits per heavy atom. The second-order valence-corrected chi connectivity index (χ2v) is 5.78. The van der Waals surface area contributed by atoms with E-state index in [1.807, 2.05) is 6.92 Å². The molecule has 0 amide bonds. The van der Waals surface area contributed by atoms with E-state index in [-0.39, 0.29) is 11.8 Å². The minimum absolute atomic E-state index is 0.0939. The van der Waals surface area contributed by atoms with Gasteiger partial charge in [0.2, 0.25) is 0 Å². The Morgan fingerprint density at radius 2 is 1.58 bits per heavy atom. The van der Waals surface area contributed by atoms with Crippen LogP contribution in [0.1, 0.15) is 53.4 Å². The van der Waals surface area contributed by atoms with Crippen molar-refractivity contribution in [1.82, 2.24) is 5.32 Å². The lowest BCUT2D eigenvalue weighted by atomic mass is 9.86. The van der Waals surface area contributed by atoms with E-state index in [9.17, 15) is 4.79 Å². The van der Waals surface area contributed by atoms with Crippen LogP contribution >= 0.6 is 0 Å². The molecule has 0 aliphatic rings. The van der Waals surface area contributed by atoms with E-state index in [2.05, 4.69) is 52.9 Å². The number of ketones is 1. The molecule has 0 radical (unpaired) electrons. The van der Waals surface area contributed by atoms with Crippen molar-refractivity contribution in [3.63, 3.8) is 0 Å². The maximum atomic E-state index is 12.9. The molecule has 19 heavy (non-hydrogen) atoms. The monoisotopic (exact) mass is 261 g/mol. The number of likely N-dealkylation sites (N-methyl/N-ethyl adjacent to an activating group) is 1. The molecule has 2 heteroatoms. The van der Waals surface area contributed by atoms with Crippen molar-refractivity contribution < 1.29 is 4.79 Å². The molecule has 0 spiro atoms. The highest BCUT2D eigenvalue weighted by Crippen LogP contribution is 2.24. The third-order valence-electron chi connectivity index (χ3n) is 3.99. The molecule has 0 aliphatic heterocycles. The van der Waals surface area contributed by atoms with Crippen LogP contribution in [0.3, 0.4) is 0 Å². The van der Waals surface area contributed by atoms with Gasteiger partial charge in [-0.15, -0.1) is 0 Å². The minimum Gasteiger partial charge on any atom is -0.307 e. The lowest BCUT2D eigenvalue weighted by molar-refractivity contribution is 0.0917. The van der Waals surface area contributed by atoms with E-state index in [1.54, 1.807) is 0 Å². The highest BCUT2D eigenvalue weighted by molar-refractivity contribution is 6.03. The van der Waals surface area contributed by atoms with Gasteiger partial charge < -0.3 is 5.32 Å². The van der Waals surface area contributed by atoms with Crippen LogP contribution in [-0.4, -0.2) is 18.4 Å². The lowest BCUT2D eigenvalue weighted by Gasteiger charge is -2.23. The van der Waals surface area contributed by atoms with Gasteiger partial charge in [-0.3, -0.25) is 4.79 Å². The van der Waals surface area contributed by atoms with Crippen LogP contribution in [0.15, 0.2) is 6.07 Å². The fraction of sp³-hybridized carbons (Fsp3) is 0.588. The van der Waals surface area contributed by atoms with Crippen molar-refractivity contribution in [2.75, 3.05) is 6.54 Å². The zero-order valence-electron chi connectivity index (χ0n) is 13.3. The summed E-state index contributed by atoms with van der Waals surface area (Å²) >= 11 is 0. The minimum atomic E-state index is -0.0939. The van der Waals surface area contributed by atoms with Crippen LogP contribution in [0, 0.1) is 33.6 Å². The van der Waals surface area contributed by atoms with Gasteiger partial charge in [0.05, 0.1) is 6.04 Å². The van der Waals surface area contributed by atoms with Crippen molar-refractivity contribution in [1.29, 1.82) is 0 Å². The number of nitrogens with one attached hydrogen (secondary N) is 1. The molecule has 1 rings (SSSR count). The van der Waals surface area contributed by atoms with Crippen LogP contribution in [0.4, 0.5) is 0 Å². The predicted octanol–water partition coefficient (Wildman–Crippen LogP) is 3.74. The smallest absolute Gasteiger partial charge is 0.180 e. The molecular formula is C17H27NO. The van der Waals surface area contributed by atoms with Gasteiger partial charge in [0, 0.05) is 5.56 Å². The molecule has 0 aromatic heterocycles. The topological polar surface area (TPSA) is 29.1 Å². The van der Waals surface area contributed by atoms with Gasteiger partial charge in [-0.25, -0.2) is 0 Å². The fourth-order valence-corrected chi connectivity index (χ4v) is 2.59. The maximum Gasteiger partial charge on any atom is 0.180 e. The molecule has 1 aromatic carbocycles. The van der Waals surface area contributed by atoms with Crippen molar-refractivity contribution in [2.24, 2.45) is 5.92 Å². The highest BCUT2D eigenvalue weighted by atomic mass is 16.1. The molecule has 0 aliphatic carbocycles. The standard InChI is InChI=1S/C17H27NO/c1-8-18-16(10(2)3)17(19)15-13(6)11(4)9-12(5)14(15)7/h9-10,16,18H,8H2,1-7H3. The van der Waals surface area contributed by atoms with Gasteiger partial charge in [-0.05, 0) is 62.4 Å². The van der Waals surface area contributed by atoms with Crippen molar-refractivity contribution in [2.45, 2.75) is 54.5 Å². The summed E-state index contributed by atoms with van der Waals surface area (Å²) in [5.74, 6) is 0.533. The number of hydrogen-bond acceptors (Lipinski definition) is 2. The van der Waals surface area contributed by atoms with E-state index in [0.29, 0.717) is 5.92 Å². The second-order valence-electron chi connectivity index (χ2n) is 5.78. The Kier molecular flexibility index (Phi) is 5.30. The Hall–Kier alpha value is -1.15. The zero-order chi connectivity index (χ0) is 14.7. The van der Waals surface area contributed by atoms with Crippen molar-refractivity contribution in [3.8, 4) is 0 Å². The third-order valence-corrected chi connectivity index (χ3v) is 3.99. The molecular weight excluding hydrogens is 234 g/mol. The third kappa shape index (κ3) is 3.24. The molecule has 1 N–H and O–H groups in total. The summed E-state index contributed by atoms with van der Waals surface area (Å²) in [5, 5.41) is 3.32. The number of aryl methyl sites for hydroxylation is 2. The molecule has 2 nitrogen and oxygen atoms in total. The summed E-state index contributed by atoms with van der Waals surface area (Å²) in [4.78, 5) is 12.9. The Morgan fingerprint density at radius 1 is 1.11 bits per heavy atom. The maximum absolute atomic E-state index is 12.9. The van der Waals surface area contributed by atoms with E-state index in [1.165, 1.54) is 11.1 Å². The molecule has 1 aromatic rings. The normalized spacial score (nSPS) is 12.8. The van der Waals surface area contributed by atoms with Crippen LogP contribution in [0.25, 0.3) is 0 Å². The Bertz CT molecular complexity index is 448. The molecule has 0 saturated carbocycles. The van der Waals surface area contributed by atoms with Gasteiger partial charge in [0.15, 0.2) is 5.78 Å². The van der Waals surface area contributed by atoms with Crippen molar-refractivity contribution >= 4 is 5.78 Å². The predicted molar refractivity (Wildman–Crippen MR) is 82.0 cm³/mol. The number of carbonyl (C=O) groups is 1. The van der Waals surface area contributed by atoms with Crippen LogP contribution in [0.2, 0.25) is 0 Å². The van der Waals surface area contributed by atoms with E-state index >= 15 is 0 Å². The fourth-order valence-electron chi connectivity index (χ4n) is 2.59. The summed E-state index contributed by atoms with van der Waals surface area (Å²) in [5.41, 5.74) is 5.56. The summed E-state index contributed by atoms with van der Waals surface area (Å²) in [6, 6.07) is 2.07. The number of hydrogen-bond donors (Lipinski definition) is 1. The zero-order valence-corrected chi connectivity index (χ0v) is 13.3. The Labute approximate surface area is 117 Å². The average Bonchev–Trinajstić information content (AvgIpc) is 2.33. The number of benzene rings is 1. The number of carbonyl (C=O) groups excluding carboxylic acids is 1. The van der Waals surface area contributed by atoms with Gasteiger partial charge in [0.1, 0.15) is 0 Å². The molecule has 1 atom stereocenters. The van der Waals surface area contributed by atoms with Gasteiger partial charge in [0.25, 0.3) is 0 Å². The molecule has 0 saturated heterocycles. The molecule has 0 heterocycles. The summed E-state index contributed by atoms with van der Waals surface area (Å²) in [6.07, 6.45) is 0. The number of rotatable bonds is 5.